The minimum Gasteiger partial charge on any atom is -0.401 e. The summed E-state index contributed by atoms with van der Waals surface area (Å²) in [6.45, 7) is 8.02. The lowest BCUT2D eigenvalue weighted by atomic mass is 9.92. The molecule has 0 saturated carbocycles. The van der Waals surface area contributed by atoms with E-state index in [9.17, 15) is 4.79 Å². The van der Waals surface area contributed by atoms with Crippen LogP contribution >= 0.6 is 0 Å². The molecule has 0 atom stereocenters. The minimum atomic E-state index is -0.168. The van der Waals surface area contributed by atoms with Crippen molar-refractivity contribution < 1.29 is 4.79 Å². The van der Waals surface area contributed by atoms with Crippen LogP contribution in [0.4, 0.5) is 5.69 Å². The molecule has 0 spiro atoms. The fourth-order valence-corrected chi connectivity index (χ4v) is 1.29. The van der Waals surface area contributed by atoms with Gasteiger partial charge in [0, 0.05) is 17.2 Å². The van der Waals surface area contributed by atoms with Gasteiger partial charge in [-0.2, -0.15) is 0 Å². The highest BCUT2D eigenvalue weighted by Gasteiger charge is 2.14. The van der Waals surface area contributed by atoms with Crippen LogP contribution in [0, 0.1) is 12.3 Å². The average Bonchev–Trinajstić information content (AvgIpc) is 2.31. The Morgan fingerprint density at radius 3 is 2.32 bits per heavy atom. The van der Waals surface area contributed by atoms with Crippen LogP contribution in [0.5, 0.6) is 0 Å². The van der Waals surface area contributed by atoms with E-state index in [1.165, 1.54) is 0 Å². The van der Waals surface area contributed by atoms with Crippen LogP contribution in [0.15, 0.2) is 41.0 Å². The Bertz CT molecular complexity index is 493. The van der Waals surface area contributed by atoms with Gasteiger partial charge in [-0.25, -0.2) is 4.99 Å². The Labute approximate surface area is 114 Å². The van der Waals surface area contributed by atoms with Crippen molar-refractivity contribution in [2.75, 3.05) is 0 Å². The molecular formula is C15H21N3O. The third-order valence-electron chi connectivity index (χ3n) is 2.65. The molecule has 1 aromatic rings. The highest BCUT2D eigenvalue weighted by atomic mass is 16.1. The molecule has 0 aliphatic rings. The van der Waals surface area contributed by atoms with Crippen molar-refractivity contribution in [3.8, 4) is 0 Å². The second-order valence-corrected chi connectivity index (χ2v) is 5.44. The molecule has 1 rings (SSSR count). The third-order valence-corrected chi connectivity index (χ3v) is 2.65. The summed E-state index contributed by atoms with van der Waals surface area (Å²) in [6, 6.07) is 7.72. The summed E-state index contributed by atoms with van der Waals surface area (Å²) in [6.07, 6.45) is 2.29. The van der Waals surface area contributed by atoms with Crippen molar-refractivity contribution in [2.24, 2.45) is 16.1 Å². The normalized spacial score (nSPS) is 13.3. The predicted octanol–water partition coefficient (Wildman–Crippen LogP) is 2.66. The number of nitrogens with two attached hydrogens (primary N) is 1. The molecule has 1 aromatic carbocycles. The number of hydrogen-bond donors (Lipinski definition) is 2. The van der Waals surface area contributed by atoms with Gasteiger partial charge in [0.1, 0.15) is 5.84 Å². The van der Waals surface area contributed by atoms with E-state index in [4.69, 9.17) is 5.73 Å². The molecule has 1 amide bonds. The molecular weight excluding hydrogens is 238 g/mol. The van der Waals surface area contributed by atoms with Gasteiger partial charge in [-0.1, -0.05) is 38.5 Å². The monoisotopic (exact) mass is 259 g/mol. The number of allylic oxidation sites excluding steroid dienone is 1. The van der Waals surface area contributed by atoms with Crippen LogP contribution < -0.4 is 11.1 Å². The van der Waals surface area contributed by atoms with Crippen LogP contribution in [-0.4, -0.2) is 12.2 Å². The Morgan fingerprint density at radius 2 is 1.84 bits per heavy atom. The third kappa shape index (κ3) is 4.95. The molecule has 0 saturated heterocycles. The predicted molar refractivity (Wildman–Crippen MR) is 79.2 cm³/mol. The number of amidine groups is 1. The first-order chi connectivity index (χ1) is 8.82. The number of amides is 1. The topological polar surface area (TPSA) is 67.5 Å². The molecule has 0 aromatic heterocycles. The van der Waals surface area contributed by atoms with Crippen LogP contribution in [0.25, 0.3) is 0 Å². The molecule has 19 heavy (non-hydrogen) atoms. The van der Waals surface area contributed by atoms with Gasteiger partial charge in [0.25, 0.3) is 0 Å². The van der Waals surface area contributed by atoms with E-state index in [0.717, 1.165) is 11.3 Å². The fraction of sp³-hybridized carbons (Fsp3) is 0.333. The Morgan fingerprint density at radius 1 is 1.26 bits per heavy atom. The first-order valence-electron chi connectivity index (χ1n) is 6.16. The summed E-state index contributed by atoms with van der Waals surface area (Å²) in [5.74, 6) is 0.436. The summed E-state index contributed by atoms with van der Waals surface area (Å²) in [4.78, 5) is 15.0. The molecule has 0 heterocycles. The number of hydrogen-bond acceptors (Lipinski definition) is 3. The maximum Gasteiger partial charge on any atom is 0.212 e. The van der Waals surface area contributed by atoms with E-state index >= 15 is 0 Å². The van der Waals surface area contributed by atoms with Gasteiger partial charge in [0.15, 0.2) is 0 Å². The molecule has 4 heteroatoms. The SMILES string of the molecule is Cc1ccc(N=C(/C=C(\N)C(C)(C)C)NC=O)cc1. The summed E-state index contributed by atoms with van der Waals surface area (Å²) in [5.41, 5.74) is 8.41. The number of benzene rings is 1. The quantitative estimate of drug-likeness (QED) is 0.498. The number of nitrogens with zero attached hydrogens (tertiary/aromatic N) is 1. The van der Waals surface area contributed by atoms with E-state index in [-0.39, 0.29) is 5.41 Å². The van der Waals surface area contributed by atoms with E-state index in [0.29, 0.717) is 17.9 Å². The van der Waals surface area contributed by atoms with Crippen molar-refractivity contribution in [3.05, 3.63) is 41.6 Å². The first-order valence-corrected chi connectivity index (χ1v) is 6.16. The number of carbonyl (C=O) groups excluding carboxylic acids is 1. The first kappa shape index (κ1) is 15.0. The molecule has 0 unspecified atom stereocenters. The Hall–Kier alpha value is -2.10. The number of carbonyl (C=O) groups is 1. The van der Waals surface area contributed by atoms with Crippen LogP contribution in [-0.2, 0) is 4.79 Å². The Kier molecular flexibility index (Phi) is 4.87. The van der Waals surface area contributed by atoms with Gasteiger partial charge in [0.2, 0.25) is 6.41 Å². The molecule has 0 aliphatic carbocycles. The van der Waals surface area contributed by atoms with Gasteiger partial charge in [-0.3, -0.25) is 4.79 Å². The van der Waals surface area contributed by atoms with E-state index < -0.39 is 0 Å². The molecule has 0 radical (unpaired) electrons. The lowest BCUT2D eigenvalue weighted by molar-refractivity contribution is -0.108. The largest absolute Gasteiger partial charge is 0.401 e. The van der Waals surface area contributed by atoms with E-state index in [1.54, 1.807) is 6.08 Å². The second kappa shape index (κ2) is 6.18. The van der Waals surface area contributed by atoms with E-state index in [1.807, 2.05) is 52.0 Å². The van der Waals surface area contributed by atoms with Gasteiger partial charge >= 0.3 is 0 Å². The van der Waals surface area contributed by atoms with Crippen molar-refractivity contribution in [2.45, 2.75) is 27.7 Å². The molecule has 0 aliphatic heterocycles. The second-order valence-electron chi connectivity index (χ2n) is 5.44. The van der Waals surface area contributed by atoms with Crippen molar-refractivity contribution >= 4 is 17.9 Å². The molecule has 4 nitrogen and oxygen atoms in total. The van der Waals surface area contributed by atoms with Gasteiger partial charge in [-0.05, 0) is 19.1 Å². The number of nitrogens with one attached hydrogen (secondary N) is 1. The maximum absolute atomic E-state index is 10.6. The molecule has 0 bridgehead atoms. The Balaban J connectivity index is 3.07. The summed E-state index contributed by atoms with van der Waals surface area (Å²) in [7, 11) is 0. The average molecular weight is 259 g/mol. The standard InChI is InChI=1S/C15H21N3O/c1-11-5-7-12(8-6-11)18-14(17-10-19)9-13(16)15(2,3)4/h5-10H,16H2,1-4H3,(H,17,18,19)/b13-9-. The van der Waals surface area contributed by atoms with Gasteiger partial charge in [0.05, 0.1) is 5.69 Å². The summed E-state index contributed by atoms with van der Waals surface area (Å²) < 4.78 is 0. The maximum atomic E-state index is 10.6. The molecule has 0 fully saturated rings. The number of rotatable bonds is 3. The van der Waals surface area contributed by atoms with Crippen LogP contribution in [0.2, 0.25) is 0 Å². The summed E-state index contributed by atoms with van der Waals surface area (Å²) in [5, 5.41) is 2.56. The highest BCUT2D eigenvalue weighted by Crippen LogP contribution is 2.20. The van der Waals surface area contributed by atoms with Crippen molar-refractivity contribution in [1.82, 2.24) is 5.32 Å². The lowest BCUT2D eigenvalue weighted by Crippen LogP contribution is -2.24. The van der Waals surface area contributed by atoms with Crippen molar-refractivity contribution in [3.63, 3.8) is 0 Å². The van der Waals surface area contributed by atoms with E-state index in [2.05, 4.69) is 10.3 Å². The zero-order valence-corrected chi connectivity index (χ0v) is 11.9. The zero-order chi connectivity index (χ0) is 14.5. The molecule has 102 valence electrons. The van der Waals surface area contributed by atoms with Gasteiger partial charge in [-0.15, -0.1) is 0 Å². The molecule has 3 N–H and O–H groups in total. The zero-order valence-electron chi connectivity index (χ0n) is 11.9. The smallest absolute Gasteiger partial charge is 0.212 e. The minimum absolute atomic E-state index is 0.168. The number of aryl methyl sites for hydroxylation is 1. The van der Waals surface area contributed by atoms with Gasteiger partial charge < -0.3 is 11.1 Å². The lowest BCUT2D eigenvalue weighted by Gasteiger charge is -2.19. The summed E-state index contributed by atoms with van der Waals surface area (Å²) >= 11 is 0. The van der Waals surface area contributed by atoms with Crippen LogP contribution in [0.1, 0.15) is 26.3 Å². The fourth-order valence-electron chi connectivity index (χ4n) is 1.29. The number of aliphatic imine (C=N–C) groups is 1. The van der Waals surface area contributed by atoms with Crippen molar-refractivity contribution in [1.29, 1.82) is 0 Å². The van der Waals surface area contributed by atoms with Crippen LogP contribution in [0.3, 0.4) is 0 Å². The highest BCUT2D eigenvalue weighted by molar-refractivity contribution is 6.00.